The molecule has 9 nitrogen and oxygen atoms in total. The maximum Gasteiger partial charge on any atom is 0.409 e. The monoisotopic (exact) mass is 461 g/mol. The highest BCUT2D eigenvalue weighted by Crippen LogP contribution is 2.28. The predicted molar refractivity (Wildman–Crippen MR) is 123 cm³/mol. The van der Waals surface area contributed by atoms with Crippen LogP contribution in [0.25, 0.3) is 0 Å². The van der Waals surface area contributed by atoms with Crippen molar-refractivity contribution in [3.05, 3.63) is 0 Å². The summed E-state index contributed by atoms with van der Waals surface area (Å²) in [4.78, 5) is 39.9. The van der Waals surface area contributed by atoms with E-state index < -0.39 is 11.6 Å². The number of likely N-dealkylation sites (tertiary alicyclic amines) is 1. The summed E-state index contributed by atoms with van der Waals surface area (Å²) in [5.41, 5.74) is -1.04. The SMILES string of the molecule is CCOC(=O)N1CCC(C#N)(NC(=O)[C@H](CC2CCCCC2)NC(=O)C2CCNCC2)CC1. The second-order valence-electron chi connectivity index (χ2n) is 9.69. The summed E-state index contributed by atoms with van der Waals surface area (Å²) >= 11 is 0. The Hall–Kier alpha value is -2.34. The van der Waals surface area contributed by atoms with Gasteiger partial charge in [-0.1, -0.05) is 32.1 Å². The van der Waals surface area contributed by atoms with Crippen LogP contribution in [0.5, 0.6) is 0 Å². The minimum atomic E-state index is -1.04. The van der Waals surface area contributed by atoms with Gasteiger partial charge in [0.1, 0.15) is 11.6 Å². The smallest absolute Gasteiger partial charge is 0.409 e. The molecule has 33 heavy (non-hydrogen) atoms. The van der Waals surface area contributed by atoms with Gasteiger partial charge in [-0.25, -0.2) is 4.79 Å². The van der Waals surface area contributed by atoms with E-state index in [9.17, 15) is 19.6 Å². The number of amides is 3. The lowest BCUT2D eigenvalue weighted by atomic mass is 9.83. The molecular weight excluding hydrogens is 422 g/mol. The van der Waals surface area contributed by atoms with Gasteiger partial charge in [-0.2, -0.15) is 5.26 Å². The number of carbonyl (C=O) groups excluding carboxylic acids is 3. The zero-order chi connectivity index (χ0) is 23.7. The number of rotatable bonds is 7. The minimum absolute atomic E-state index is 0.0596. The molecule has 0 aromatic heterocycles. The normalized spacial score (nSPS) is 22.6. The lowest BCUT2D eigenvalue weighted by Crippen LogP contribution is -2.60. The van der Waals surface area contributed by atoms with Crippen LogP contribution in [-0.2, 0) is 14.3 Å². The molecule has 9 heteroatoms. The topological polar surface area (TPSA) is 124 Å². The molecule has 3 fully saturated rings. The Morgan fingerprint density at radius 2 is 1.79 bits per heavy atom. The van der Waals surface area contributed by atoms with E-state index in [4.69, 9.17) is 4.74 Å². The summed E-state index contributed by atoms with van der Waals surface area (Å²) in [5.74, 6) is -0.0123. The molecule has 0 radical (unpaired) electrons. The maximum atomic E-state index is 13.4. The standard InChI is InChI=1S/C24H39N5O4/c1-2-33-23(32)29-14-10-24(17-25,11-15-29)28-22(31)20(16-18-6-4-3-5-7-18)27-21(30)19-8-12-26-13-9-19/h18-20,26H,2-16H2,1H3,(H,27,30)(H,28,31)/t20-/m0/s1. The third-order valence-corrected chi connectivity index (χ3v) is 7.36. The number of nitrogens with one attached hydrogen (secondary N) is 3. The first-order valence-electron chi connectivity index (χ1n) is 12.6. The first-order chi connectivity index (χ1) is 16.0. The number of hydrogen-bond donors (Lipinski definition) is 3. The molecule has 0 unspecified atom stereocenters. The van der Waals surface area contributed by atoms with Crippen molar-refractivity contribution < 1.29 is 19.1 Å². The fourth-order valence-corrected chi connectivity index (χ4v) is 5.23. The lowest BCUT2D eigenvalue weighted by Gasteiger charge is -2.38. The van der Waals surface area contributed by atoms with Crippen molar-refractivity contribution in [2.45, 2.75) is 82.7 Å². The van der Waals surface area contributed by atoms with E-state index in [2.05, 4.69) is 22.0 Å². The van der Waals surface area contributed by atoms with Gasteiger partial charge in [-0.05, 0) is 45.2 Å². The molecule has 3 rings (SSSR count). The van der Waals surface area contributed by atoms with E-state index in [1.807, 2.05) is 0 Å². The molecule has 2 heterocycles. The lowest BCUT2D eigenvalue weighted by molar-refractivity contribution is -0.133. The fraction of sp³-hybridized carbons (Fsp3) is 0.833. The van der Waals surface area contributed by atoms with E-state index in [-0.39, 0.29) is 23.8 Å². The molecule has 0 spiro atoms. The molecule has 1 saturated carbocycles. The highest BCUT2D eigenvalue weighted by atomic mass is 16.6. The number of hydrogen-bond acceptors (Lipinski definition) is 6. The molecule has 1 atom stereocenters. The van der Waals surface area contributed by atoms with Gasteiger partial charge < -0.3 is 25.6 Å². The van der Waals surface area contributed by atoms with Crippen molar-refractivity contribution in [1.82, 2.24) is 20.9 Å². The van der Waals surface area contributed by atoms with Crippen LogP contribution in [0.2, 0.25) is 0 Å². The molecule has 2 aliphatic heterocycles. The zero-order valence-corrected chi connectivity index (χ0v) is 19.9. The first-order valence-corrected chi connectivity index (χ1v) is 12.6. The van der Waals surface area contributed by atoms with Gasteiger partial charge >= 0.3 is 6.09 Å². The average molecular weight is 462 g/mol. The summed E-state index contributed by atoms with van der Waals surface area (Å²) in [7, 11) is 0. The third kappa shape index (κ3) is 7.07. The fourth-order valence-electron chi connectivity index (χ4n) is 5.23. The van der Waals surface area contributed by atoms with Gasteiger partial charge in [0.15, 0.2) is 0 Å². The Balaban J connectivity index is 1.64. The molecule has 0 aromatic carbocycles. The molecule has 1 aliphatic carbocycles. The van der Waals surface area contributed by atoms with Crippen LogP contribution in [0.4, 0.5) is 4.79 Å². The number of nitriles is 1. The Kier molecular flexibility index (Phi) is 9.36. The van der Waals surface area contributed by atoms with Crippen LogP contribution in [0.15, 0.2) is 0 Å². The largest absolute Gasteiger partial charge is 0.450 e. The van der Waals surface area contributed by atoms with Crippen LogP contribution in [0, 0.1) is 23.2 Å². The minimum Gasteiger partial charge on any atom is -0.450 e. The van der Waals surface area contributed by atoms with Crippen molar-refractivity contribution in [3.8, 4) is 6.07 Å². The van der Waals surface area contributed by atoms with Crippen LogP contribution < -0.4 is 16.0 Å². The van der Waals surface area contributed by atoms with Crippen LogP contribution in [-0.4, -0.2) is 67.2 Å². The Morgan fingerprint density at radius 1 is 1.12 bits per heavy atom. The van der Waals surface area contributed by atoms with Gasteiger partial charge in [0.25, 0.3) is 0 Å². The highest BCUT2D eigenvalue weighted by molar-refractivity contribution is 5.89. The van der Waals surface area contributed by atoms with Gasteiger partial charge in [-0.15, -0.1) is 0 Å². The van der Waals surface area contributed by atoms with Crippen molar-refractivity contribution in [2.24, 2.45) is 11.8 Å². The second kappa shape index (κ2) is 12.2. The third-order valence-electron chi connectivity index (χ3n) is 7.36. The summed E-state index contributed by atoms with van der Waals surface area (Å²) in [6.45, 7) is 4.38. The van der Waals surface area contributed by atoms with Crippen molar-refractivity contribution in [2.75, 3.05) is 32.8 Å². The van der Waals surface area contributed by atoms with E-state index >= 15 is 0 Å². The van der Waals surface area contributed by atoms with Crippen molar-refractivity contribution in [1.29, 1.82) is 5.26 Å². The summed E-state index contributed by atoms with van der Waals surface area (Å²) < 4.78 is 5.05. The van der Waals surface area contributed by atoms with Gasteiger partial charge in [0.2, 0.25) is 11.8 Å². The maximum absolute atomic E-state index is 13.4. The summed E-state index contributed by atoms with van der Waals surface area (Å²) in [6.07, 6.45) is 8.14. The number of ether oxygens (including phenoxy) is 1. The van der Waals surface area contributed by atoms with E-state index in [0.29, 0.717) is 44.9 Å². The predicted octanol–water partition coefficient (Wildman–Crippen LogP) is 2.07. The van der Waals surface area contributed by atoms with E-state index in [1.165, 1.54) is 6.42 Å². The van der Waals surface area contributed by atoms with Crippen LogP contribution >= 0.6 is 0 Å². The summed E-state index contributed by atoms with van der Waals surface area (Å²) in [5, 5.41) is 19.2. The summed E-state index contributed by atoms with van der Waals surface area (Å²) in [6, 6.07) is 1.65. The van der Waals surface area contributed by atoms with E-state index in [1.54, 1.807) is 11.8 Å². The quantitative estimate of drug-likeness (QED) is 0.533. The molecule has 0 aromatic rings. The Labute approximate surface area is 197 Å². The molecule has 3 N–H and O–H groups in total. The molecule has 0 bridgehead atoms. The van der Waals surface area contributed by atoms with Crippen LogP contribution in [0.3, 0.4) is 0 Å². The Morgan fingerprint density at radius 3 is 2.39 bits per heavy atom. The molecule has 3 aliphatic rings. The average Bonchev–Trinajstić information content (AvgIpc) is 2.85. The number of piperidine rings is 2. The zero-order valence-electron chi connectivity index (χ0n) is 19.9. The molecular formula is C24H39N5O4. The highest BCUT2D eigenvalue weighted by Gasteiger charge is 2.40. The second-order valence-corrected chi connectivity index (χ2v) is 9.69. The van der Waals surface area contributed by atoms with Crippen molar-refractivity contribution in [3.63, 3.8) is 0 Å². The molecule has 2 saturated heterocycles. The van der Waals surface area contributed by atoms with Crippen molar-refractivity contribution >= 4 is 17.9 Å². The number of carbonyl (C=O) groups is 3. The van der Waals surface area contributed by atoms with Gasteiger partial charge in [-0.3, -0.25) is 9.59 Å². The number of nitrogens with zero attached hydrogens (tertiary/aromatic N) is 2. The van der Waals surface area contributed by atoms with E-state index in [0.717, 1.165) is 51.6 Å². The first kappa shape index (κ1) is 25.3. The molecule has 184 valence electrons. The van der Waals surface area contributed by atoms with Gasteiger partial charge in [0, 0.05) is 31.8 Å². The van der Waals surface area contributed by atoms with Gasteiger partial charge in [0.05, 0.1) is 12.7 Å². The van der Waals surface area contributed by atoms with Crippen LogP contribution in [0.1, 0.15) is 71.1 Å². The Bertz CT molecular complexity index is 717. The molecule has 3 amide bonds.